The Morgan fingerprint density at radius 3 is 2.27 bits per heavy atom. The van der Waals surface area contributed by atoms with Gasteiger partial charge in [0.2, 0.25) is 17.7 Å². The minimum Gasteiger partial charge on any atom is -0.474 e. The monoisotopic (exact) mass is 1230 g/mol. The molecule has 0 unspecified atom stereocenters. The number of amides is 2. The summed E-state index contributed by atoms with van der Waals surface area (Å²) in [6.45, 7) is 11.2. The maximum absolute atomic E-state index is 14.5. The molecule has 6 aromatic rings. The zero-order chi connectivity index (χ0) is 59.7. The van der Waals surface area contributed by atoms with Gasteiger partial charge in [-0.3, -0.25) is 28.8 Å². The molecule has 25 nitrogen and oxygen atoms in total. The Labute approximate surface area is 495 Å². The summed E-state index contributed by atoms with van der Waals surface area (Å²) in [4.78, 5) is 85.1. The summed E-state index contributed by atoms with van der Waals surface area (Å²) < 4.78 is 58.4. The topological polar surface area (TPSA) is 324 Å². The van der Waals surface area contributed by atoms with Gasteiger partial charge < -0.3 is 58.8 Å². The molecule has 4 aliphatic heterocycles. The highest BCUT2D eigenvalue weighted by atomic mass is 32.1. The van der Waals surface area contributed by atoms with Crippen molar-refractivity contribution in [2.45, 2.75) is 127 Å². The van der Waals surface area contributed by atoms with Crippen molar-refractivity contribution in [1.82, 2.24) is 40.4 Å². The number of anilines is 3. The van der Waals surface area contributed by atoms with Crippen LogP contribution in [0.3, 0.4) is 0 Å². The molecule has 11 rings (SSSR count). The van der Waals surface area contributed by atoms with Crippen molar-refractivity contribution in [2.24, 2.45) is 5.92 Å². The van der Waals surface area contributed by atoms with Crippen LogP contribution >= 0.6 is 27.0 Å². The second-order valence-electron chi connectivity index (χ2n) is 22.9. The first-order chi connectivity index (χ1) is 40.7. The van der Waals surface area contributed by atoms with Crippen molar-refractivity contribution in [3.8, 4) is 39.2 Å². The second kappa shape index (κ2) is 25.4. The fourth-order valence-corrected chi connectivity index (χ4v) is 14.1. The summed E-state index contributed by atoms with van der Waals surface area (Å²) >= 11 is 1.55. The zero-order valence-corrected chi connectivity index (χ0v) is 50.1. The minimum atomic E-state index is -4.94. The summed E-state index contributed by atoms with van der Waals surface area (Å²) in [7, 11) is -9.76. The average molecular weight is 1230 g/mol. The Morgan fingerprint density at radius 1 is 0.835 bits per heavy atom. The molecule has 1 saturated carbocycles. The van der Waals surface area contributed by atoms with Crippen LogP contribution in [0, 0.1) is 12.8 Å². The molecular formula is C57H71N11O14P2S. The predicted molar refractivity (Wildman–Crippen MR) is 314 cm³/mol. The number of nitrogen functional groups attached to an aromatic ring is 1. The number of benzene rings is 2. The number of hydrogen-bond donors (Lipinski definition) is 6. The average Bonchev–Trinajstić information content (AvgIpc) is 2.96. The third-order valence-corrected chi connectivity index (χ3v) is 18.6. The van der Waals surface area contributed by atoms with E-state index in [1.165, 1.54) is 11.0 Å². The Morgan fingerprint density at radius 2 is 1.58 bits per heavy atom. The molecule has 5 aliphatic rings. The van der Waals surface area contributed by atoms with Gasteiger partial charge in [0.25, 0.3) is 5.88 Å². The van der Waals surface area contributed by atoms with Crippen LogP contribution in [0.1, 0.15) is 94.7 Å². The number of aryl methyl sites for hydroxylation is 1. The van der Waals surface area contributed by atoms with Crippen molar-refractivity contribution in [3.05, 3.63) is 102 Å². The highest BCUT2D eigenvalue weighted by Gasteiger charge is 2.47. The van der Waals surface area contributed by atoms with Gasteiger partial charge in [-0.1, -0.05) is 50.2 Å². The summed E-state index contributed by atoms with van der Waals surface area (Å²) in [5, 5.41) is 15.6. The first-order valence-corrected chi connectivity index (χ1v) is 32.6. The van der Waals surface area contributed by atoms with Crippen LogP contribution in [0.25, 0.3) is 21.7 Å². The van der Waals surface area contributed by atoms with Crippen LogP contribution in [0.15, 0.2) is 89.0 Å². The Kier molecular flexibility index (Phi) is 18.0. The van der Waals surface area contributed by atoms with Gasteiger partial charge in [-0.05, 0) is 86.0 Å². The molecule has 7 N–H and O–H groups in total. The largest absolute Gasteiger partial charge is 0.524 e. The summed E-state index contributed by atoms with van der Waals surface area (Å²) in [6, 6.07) is 20.5. The molecule has 0 radical (unpaired) electrons. The van der Waals surface area contributed by atoms with Crippen LogP contribution in [0.2, 0.25) is 0 Å². The molecule has 1 aliphatic carbocycles. The summed E-state index contributed by atoms with van der Waals surface area (Å²) in [6.07, 6.45) is 6.07. The molecule has 2 amide bonds. The van der Waals surface area contributed by atoms with Crippen molar-refractivity contribution >= 4 is 56.0 Å². The Bertz CT molecular complexity index is 3410. The smallest absolute Gasteiger partial charge is 0.474 e. The standard InChI is InChI=1S/C57H71N11O14P2S/c1-33(2)53(57(70)67-31-44(81-83(71,72)73)26-48(67)56(69)61-34(3)36-9-11-37(12-10-36)54-35(4)60-32-85-54)50-28-52(64-80-50)77-22-21-65-19-16-41(17-20-65)78-42-24-43(25-42)79-51-23-38(15-18-59-51)68-39-13-14-40(68)30-66(29-39)47-27-46(62-63-55(47)58)45-7-5-6-8-49(45)82-84(74,75)76/h5-12,15,18,23,27-28,32-34,39-44,48,53H,13-14,16-17,19-22,24-26,29-31H2,1-4H3,(H2,58,63)(H,61,69)(H2,71,72,73)(H2,74,75,76)/t34-,39+,40+,42?,43?,44+,48-,53+/m0/s1. The van der Waals surface area contributed by atoms with Crippen LogP contribution in [-0.2, 0) is 28.0 Å². The fourth-order valence-electron chi connectivity index (χ4n) is 12.4. The molecular weight excluding hydrogens is 1160 g/mol. The molecule has 454 valence electrons. The lowest BCUT2D eigenvalue weighted by Crippen LogP contribution is -2.54. The van der Waals surface area contributed by atoms with Crippen LogP contribution in [0.4, 0.5) is 17.2 Å². The van der Waals surface area contributed by atoms with Crippen molar-refractivity contribution in [2.75, 3.05) is 61.4 Å². The fraction of sp³-hybridized carbons (Fsp3) is 0.491. The van der Waals surface area contributed by atoms with E-state index >= 15 is 0 Å². The summed E-state index contributed by atoms with van der Waals surface area (Å²) in [5.74, 6) is -0.858. The number of thiazole rings is 1. The van der Waals surface area contributed by atoms with Gasteiger partial charge in [0.1, 0.15) is 30.4 Å². The van der Waals surface area contributed by atoms with Gasteiger partial charge in [-0.15, -0.1) is 21.5 Å². The molecule has 8 heterocycles. The van der Waals surface area contributed by atoms with E-state index in [4.69, 9.17) is 33.5 Å². The van der Waals surface area contributed by atoms with Gasteiger partial charge in [-0.25, -0.2) is 19.1 Å². The number of phosphoric ester groups is 2. The number of nitrogens with one attached hydrogen (secondary N) is 1. The van der Waals surface area contributed by atoms with Gasteiger partial charge in [-0.2, -0.15) is 0 Å². The number of piperazine rings is 1. The lowest BCUT2D eigenvalue weighted by atomic mass is 9.91. The minimum absolute atomic E-state index is 0.00580. The number of carbonyl (C=O) groups is 2. The van der Waals surface area contributed by atoms with Crippen molar-refractivity contribution in [1.29, 1.82) is 0 Å². The van der Waals surface area contributed by atoms with Crippen LogP contribution in [-0.4, -0.2) is 155 Å². The van der Waals surface area contributed by atoms with Crippen LogP contribution in [0.5, 0.6) is 17.5 Å². The highest BCUT2D eigenvalue weighted by Crippen LogP contribution is 2.45. The van der Waals surface area contributed by atoms with Gasteiger partial charge in [0.15, 0.2) is 11.6 Å². The van der Waals surface area contributed by atoms with E-state index < -0.39 is 51.6 Å². The SMILES string of the molecule is Cc1ncsc1-c1ccc([C@H](C)NC(=O)[C@@H]2C[C@@H](OP(=O)(O)O)CN2C(=O)[C@@H](c2cc(OCCN3CCC(OC4CC(Oc5cc(N6[C@@H]7CC[C@@H]6CN(c6cc(-c8ccccc8OP(=O)(O)O)nnc6N)C7)ccn5)C4)CC3)no2)C(C)C)cc1. The normalized spacial score (nSPS) is 22.8. The maximum atomic E-state index is 14.5. The molecule has 4 aromatic heterocycles. The lowest BCUT2D eigenvalue weighted by molar-refractivity contribution is -0.141. The number of piperidine rings is 1. The predicted octanol–water partition coefficient (Wildman–Crippen LogP) is 7.04. The number of likely N-dealkylation sites (tertiary alicyclic amines) is 2. The number of carbonyl (C=O) groups excluding carboxylic acids is 2. The molecule has 85 heavy (non-hydrogen) atoms. The number of nitrogens with zero attached hydrogens (tertiary/aromatic N) is 9. The lowest BCUT2D eigenvalue weighted by Gasteiger charge is -2.43. The first-order valence-electron chi connectivity index (χ1n) is 28.6. The number of fused-ring (bicyclic) bond motifs is 2. The van der Waals surface area contributed by atoms with E-state index in [2.05, 4.69) is 45.3 Å². The molecule has 0 spiro atoms. The second-order valence-corrected chi connectivity index (χ2v) is 26.1. The third kappa shape index (κ3) is 14.3. The Balaban J connectivity index is 0.617. The number of hydrogen-bond acceptors (Lipinski definition) is 20. The van der Waals surface area contributed by atoms with Gasteiger partial charge in [0, 0.05) is 100 Å². The number of para-hydroxylation sites is 1. The number of aromatic nitrogens is 5. The van der Waals surface area contributed by atoms with E-state index in [1.54, 1.807) is 53.4 Å². The number of phosphoric acid groups is 2. The number of rotatable bonds is 22. The van der Waals surface area contributed by atoms with E-state index in [9.17, 15) is 38.3 Å². The van der Waals surface area contributed by atoms with E-state index in [-0.39, 0.29) is 72.5 Å². The number of pyridine rings is 1. The van der Waals surface area contributed by atoms with Gasteiger partial charge in [0.05, 0.1) is 51.8 Å². The molecule has 2 bridgehead atoms. The molecule has 2 aromatic carbocycles. The molecule has 5 fully saturated rings. The molecule has 6 atom stereocenters. The quantitative estimate of drug-likeness (QED) is 0.0371. The maximum Gasteiger partial charge on any atom is 0.524 e. The van der Waals surface area contributed by atoms with E-state index in [0.717, 1.165) is 79.0 Å². The number of nitrogens with two attached hydrogens (primary N) is 1. The van der Waals surface area contributed by atoms with Gasteiger partial charge >= 0.3 is 15.6 Å². The van der Waals surface area contributed by atoms with Crippen LogP contribution < -0.4 is 34.8 Å². The molecule has 4 saturated heterocycles. The third-order valence-electron chi connectivity index (χ3n) is 16.6. The van der Waals surface area contributed by atoms with Crippen molar-refractivity contribution in [3.63, 3.8) is 0 Å². The summed E-state index contributed by atoms with van der Waals surface area (Å²) in [5.41, 5.74) is 13.5. The first kappa shape index (κ1) is 60.1. The molecule has 28 heteroatoms. The number of ether oxygens (including phenoxy) is 3. The van der Waals surface area contributed by atoms with E-state index in [1.807, 2.05) is 64.1 Å². The highest BCUT2D eigenvalue weighted by molar-refractivity contribution is 7.46. The Hall–Kier alpha value is -6.57. The zero-order valence-electron chi connectivity index (χ0n) is 47.5. The van der Waals surface area contributed by atoms with Crippen molar-refractivity contribution < 1.29 is 66.1 Å². The van der Waals surface area contributed by atoms with E-state index in [0.29, 0.717) is 49.1 Å².